The summed E-state index contributed by atoms with van der Waals surface area (Å²) in [6.07, 6.45) is 2.74. The number of nitrogens with zero attached hydrogens (tertiary/aromatic N) is 3. The molecule has 2 aromatic rings. The van der Waals surface area contributed by atoms with Gasteiger partial charge in [-0.05, 0) is 51.0 Å². The monoisotopic (exact) mass is 377 g/mol. The third kappa shape index (κ3) is 5.44. The second-order valence-electron chi connectivity index (χ2n) is 6.66. The summed E-state index contributed by atoms with van der Waals surface area (Å²) in [7, 11) is 2.13. The molecule has 0 atom stereocenters. The fraction of sp³-hybridized carbons (Fsp3) is 0.500. The average Bonchev–Trinajstić information content (AvgIpc) is 3.10. The van der Waals surface area contributed by atoms with Gasteiger partial charge in [0.2, 0.25) is 11.7 Å². The molecule has 26 heavy (non-hydrogen) atoms. The molecule has 1 aromatic carbocycles. The van der Waals surface area contributed by atoms with E-state index < -0.39 is 0 Å². The number of aromatic nitrogens is 2. The van der Waals surface area contributed by atoms with Crippen LogP contribution < -0.4 is 10.6 Å². The number of hydrogen-bond acceptors (Lipinski definition) is 5. The minimum Gasteiger partial charge on any atom is -0.339 e. The number of hydrogen-bond donors (Lipinski definition) is 2. The van der Waals surface area contributed by atoms with Crippen LogP contribution in [0, 0.1) is 5.92 Å². The van der Waals surface area contributed by atoms with Gasteiger partial charge in [0.15, 0.2) is 0 Å². The third-order valence-electron chi connectivity index (χ3n) is 4.56. The summed E-state index contributed by atoms with van der Waals surface area (Å²) in [6.45, 7) is 3.36. The van der Waals surface area contributed by atoms with Crippen molar-refractivity contribution < 1.29 is 9.32 Å². The van der Waals surface area contributed by atoms with E-state index in [1.54, 1.807) is 12.1 Å². The normalized spacial score (nSPS) is 15.8. The van der Waals surface area contributed by atoms with Crippen molar-refractivity contribution in [2.45, 2.75) is 19.3 Å². The summed E-state index contributed by atoms with van der Waals surface area (Å²) in [5.41, 5.74) is 0.802. The van der Waals surface area contributed by atoms with E-state index in [-0.39, 0.29) is 6.03 Å². The van der Waals surface area contributed by atoms with Crippen LogP contribution in [-0.2, 0) is 6.42 Å². The van der Waals surface area contributed by atoms with Crippen LogP contribution in [0.4, 0.5) is 4.79 Å². The minimum atomic E-state index is -0.154. The highest BCUT2D eigenvalue weighted by atomic mass is 35.5. The molecule has 0 saturated carbocycles. The van der Waals surface area contributed by atoms with Crippen molar-refractivity contribution in [3.8, 4) is 11.4 Å². The highest BCUT2D eigenvalue weighted by molar-refractivity contribution is 6.30. The Morgan fingerprint density at radius 3 is 2.92 bits per heavy atom. The quantitative estimate of drug-likeness (QED) is 0.808. The van der Waals surface area contributed by atoms with Gasteiger partial charge in [0.1, 0.15) is 0 Å². The van der Waals surface area contributed by atoms with Crippen LogP contribution in [0.3, 0.4) is 0 Å². The predicted molar refractivity (Wildman–Crippen MR) is 100 cm³/mol. The third-order valence-corrected chi connectivity index (χ3v) is 4.80. The van der Waals surface area contributed by atoms with E-state index in [1.165, 1.54) is 0 Å². The van der Waals surface area contributed by atoms with Crippen molar-refractivity contribution in [2.75, 3.05) is 33.2 Å². The molecule has 0 bridgehead atoms. The van der Waals surface area contributed by atoms with Crippen molar-refractivity contribution in [1.29, 1.82) is 0 Å². The molecule has 0 aliphatic carbocycles. The van der Waals surface area contributed by atoms with E-state index in [2.05, 4.69) is 32.7 Å². The molecule has 1 aliphatic heterocycles. The summed E-state index contributed by atoms with van der Waals surface area (Å²) >= 11 is 5.97. The molecular weight excluding hydrogens is 354 g/mol. The summed E-state index contributed by atoms with van der Waals surface area (Å²) in [5.74, 6) is 1.54. The van der Waals surface area contributed by atoms with E-state index in [1.807, 2.05) is 12.1 Å². The number of rotatable bonds is 6. The summed E-state index contributed by atoms with van der Waals surface area (Å²) in [4.78, 5) is 18.5. The van der Waals surface area contributed by atoms with Gasteiger partial charge in [-0.15, -0.1) is 0 Å². The van der Waals surface area contributed by atoms with Crippen LogP contribution in [0.2, 0.25) is 5.02 Å². The lowest BCUT2D eigenvalue weighted by Crippen LogP contribution is -2.41. The van der Waals surface area contributed by atoms with E-state index >= 15 is 0 Å². The van der Waals surface area contributed by atoms with Crippen LogP contribution in [0.25, 0.3) is 11.4 Å². The van der Waals surface area contributed by atoms with Crippen molar-refractivity contribution >= 4 is 17.6 Å². The van der Waals surface area contributed by atoms with Crippen LogP contribution in [0.1, 0.15) is 18.7 Å². The Morgan fingerprint density at radius 2 is 2.15 bits per heavy atom. The fourth-order valence-electron chi connectivity index (χ4n) is 2.95. The van der Waals surface area contributed by atoms with E-state index in [9.17, 15) is 4.79 Å². The Bertz CT molecular complexity index is 728. The predicted octanol–water partition coefficient (Wildman–Crippen LogP) is 2.57. The number of halogens is 1. The number of benzene rings is 1. The first-order valence-electron chi connectivity index (χ1n) is 8.89. The molecule has 1 aromatic heterocycles. The highest BCUT2D eigenvalue weighted by Crippen LogP contribution is 2.20. The Labute approximate surface area is 158 Å². The highest BCUT2D eigenvalue weighted by Gasteiger charge is 2.17. The Kier molecular flexibility index (Phi) is 6.46. The number of urea groups is 1. The van der Waals surface area contributed by atoms with Gasteiger partial charge in [0.25, 0.3) is 0 Å². The lowest BCUT2D eigenvalue weighted by atomic mass is 9.97. The average molecular weight is 378 g/mol. The molecule has 0 unspecified atom stereocenters. The van der Waals surface area contributed by atoms with Gasteiger partial charge in [-0.25, -0.2) is 4.79 Å². The number of carbonyl (C=O) groups excluding carboxylic acids is 1. The maximum absolute atomic E-state index is 11.9. The molecule has 2 heterocycles. The van der Waals surface area contributed by atoms with E-state index in [0.717, 1.165) is 38.0 Å². The Morgan fingerprint density at radius 1 is 1.35 bits per heavy atom. The zero-order valence-electron chi connectivity index (χ0n) is 14.9. The van der Waals surface area contributed by atoms with Crippen LogP contribution in [-0.4, -0.2) is 54.3 Å². The van der Waals surface area contributed by atoms with Gasteiger partial charge in [0.05, 0.1) is 0 Å². The lowest BCUT2D eigenvalue weighted by molar-refractivity contribution is 0.210. The molecule has 2 amide bonds. The van der Waals surface area contributed by atoms with E-state index in [0.29, 0.717) is 35.6 Å². The zero-order chi connectivity index (χ0) is 18.4. The molecule has 8 heteroatoms. The van der Waals surface area contributed by atoms with Crippen LogP contribution in [0.5, 0.6) is 0 Å². The second kappa shape index (κ2) is 9.00. The van der Waals surface area contributed by atoms with Crippen molar-refractivity contribution in [3.05, 3.63) is 35.2 Å². The SMILES string of the molecule is CN1CCC(CNC(=O)NCCc2nc(-c3cccc(Cl)c3)no2)CC1. The fourth-order valence-corrected chi connectivity index (χ4v) is 3.14. The van der Waals surface area contributed by atoms with E-state index in [4.69, 9.17) is 16.1 Å². The molecule has 0 spiro atoms. The van der Waals surface area contributed by atoms with Crippen molar-refractivity contribution in [1.82, 2.24) is 25.7 Å². The number of amides is 2. The zero-order valence-corrected chi connectivity index (χ0v) is 15.6. The molecule has 1 aliphatic rings. The number of likely N-dealkylation sites (tertiary alicyclic amines) is 1. The van der Waals surface area contributed by atoms with Gasteiger partial charge in [-0.1, -0.05) is 28.9 Å². The first kappa shape index (κ1) is 18.7. The molecule has 140 valence electrons. The topological polar surface area (TPSA) is 83.3 Å². The summed E-state index contributed by atoms with van der Waals surface area (Å²) in [6, 6.07) is 7.13. The Hall–Kier alpha value is -2.12. The lowest BCUT2D eigenvalue weighted by Gasteiger charge is -2.28. The maximum Gasteiger partial charge on any atom is 0.314 e. The van der Waals surface area contributed by atoms with Gasteiger partial charge < -0.3 is 20.1 Å². The van der Waals surface area contributed by atoms with Gasteiger partial charge in [-0.3, -0.25) is 0 Å². The van der Waals surface area contributed by atoms with Gasteiger partial charge in [0, 0.05) is 30.1 Å². The van der Waals surface area contributed by atoms with Gasteiger partial charge in [-0.2, -0.15) is 4.98 Å². The summed E-state index contributed by atoms with van der Waals surface area (Å²) in [5, 5.41) is 10.3. The molecule has 3 rings (SSSR count). The summed E-state index contributed by atoms with van der Waals surface area (Å²) < 4.78 is 5.23. The van der Waals surface area contributed by atoms with Crippen LogP contribution >= 0.6 is 11.6 Å². The first-order valence-corrected chi connectivity index (χ1v) is 9.27. The van der Waals surface area contributed by atoms with Crippen LogP contribution in [0.15, 0.2) is 28.8 Å². The second-order valence-corrected chi connectivity index (χ2v) is 7.09. The van der Waals surface area contributed by atoms with Crippen molar-refractivity contribution in [2.24, 2.45) is 5.92 Å². The standard InChI is InChI=1S/C18H24ClN5O2/c1-24-9-6-13(7-10-24)12-21-18(25)20-8-5-16-22-17(23-26-16)14-3-2-4-15(19)11-14/h2-4,11,13H,5-10,12H2,1H3,(H2,20,21,25). The first-order chi connectivity index (χ1) is 12.6. The Balaban J connectivity index is 1.37. The number of nitrogens with one attached hydrogen (secondary N) is 2. The minimum absolute atomic E-state index is 0.154. The molecule has 2 N–H and O–H groups in total. The molecule has 0 radical (unpaired) electrons. The van der Waals surface area contributed by atoms with Gasteiger partial charge >= 0.3 is 6.03 Å². The maximum atomic E-state index is 11.9. The molecular formula is C18H24ClN5O2. The molecule has 7 nitrogen and oxygen atoms in total. The number of carbonyl (C=O) groups is 1. The molecule has 1 saturated heterocycles. The largest absolute Gasteiger partial charge is 0.339 e. The van der Waals surface area contributed by atoms with Crippen molar-refractivity contribution in [3.63, 3.8) is 0 Å². The number of piperidine rings is 1. The molecule has 1 fully saturated rings. The smallest absolute Gasteiger partial charge is 0.314 e.